The molecular weight excluding hydrogens is 283 g/mol. The zero-order valence-electron chi connectivity index (χ0n) is 10.8. The number of hydrogen-bond acceptors (Lipinski definition) is 2. The third-order valence-electron chi connectivity index (χ3n) is 3.78. The van der Waals surface area contributed by atoms with E-state index in [1.165, 1.54) is 0 Å². The second-order valence-electron chi connectivity index (χ2n) is 5.00. The Kier molecular flexibility index (Phi) is 6.11. The first-order valence-electron chi connectivity index (χ1n) is 6.39. The van der Waals surface area contributed by atoms with Gasteiger partial charge in [0.2, 0.25) is 5.91 Å². The summed E-state index contributed by atoms with van der Waals surface area (Å²) in [5.74, 6) is 0.0856. The summed E-state index contributed by atoms with van der Waals surface area (Å²) in [5.41, 5.74) is 6.46. The van der Waals surface area contributed by atoms with E-state index in [0.29, 0.717) is 18.1 Å². The molecule has 0 aromatic heterocycles. The minimum absolute atomic E-state index is 0. The van der Waals surface area contributed by atoms with Crippen LogP contribution in [0.1, 0.15) is 31.2 Å². The van der Waals surface area contributed by atoms with Gasteiger partial charge in [0.05, 0.1) is 5.41 Å². The number of amides is 1. The highest BCUT2D eigenvalue weighted by molar-refractivity contribution is 6.30. The Morgan fingerprint density at radius 1 is 1.37 bits per heavy atom. The van der Waals surface area contributed by atoms with Crippen molar-refractivity contribution in [2.45, 2.75) is 32.2 Å². The Labute approximate surface area is 125 Å². The van der Waals surface area contributed by atoms with E-state index in [0.717, 1.165) is 31.2 Å². The Morgan fingerprint density at radius 3 is 2.63 bits per heavy atom. The van der Waals surface area contributed by atoms with Gasteiger partial charge in [0.1, 0.15) is 0 Å². The fraction of sp³-hybridized carbons (Fsp3) is 0.500. The summed E-state index contributed by atoms with van der Waals surface area (Å²) in [7, 11) is 0. The second kappa shape index (κ2) is 7.13. The lowest BCUT2D eigenvalue weighted by Crippen LogP contribution is -2.43. The maximum atomic E-state index is 12.2. The molecule has 2 rings (SSSR count). The van der Waals surface area contributed by atoms with E-state index in [9.17, 15) is 4.79 Å². The minimum Gasteiger partial charge on any atom is -0.352 e. The summed E-state index contributed by atoms with van der Waals surface area (Å²) in [4.78, 5) is 12.2. The SMILES string of the molecule is Cl.NCC1(C(=O)NCc2cccc(Cl)c2)CCCC1. The molecule has 1 fully saturated rings. The van der Waals surface area contributed by atoms with Crippen molar-refractivity contribution in [1.29, 1.82) is 0 Å². The van der Waals surface area contributed by atoms with Crippen LogP contribution < -0.4 is 11.1 Å². The second-order valence-corrected chi connectivity index (χ2v) is 5.44. The van der Waals surface area contributed by atoms with Gasteiger partial charge in [0.25, 0.3) is 0 Å². The van der Waals surface area contributed by atoms with Crippen LogP contribution in [0.25, 0.3) is 0 Å². The Balaban J connectivity index is 0.00000180. The number of hydrogen-bond donors (Lipinski definition) is 2. The first-order chi connectivity index (χ1) is 8.66. The van der Waals surface area contributed by atoms with Crippen molar-refractivity contribution in [2.24, 2.45) is 11.1 Å². The molecule has 0 unspecified atom stereocenters. The van der Waals surface area contributed by atoms with Crippen LogP contribution in [0.4, 0.5) is 0 Å². The average molecular weight is 303 g/mol. The molecule has 106 valence electrons. The molecule has 1 aliphatic carbocycles. The van der Waals surface area contributed by atoms with Crippen molar-refractivity contribution in [3.8, 4) is 0 Å². The maximum Gasteiger partial charge on any atom is 0.227 e. The van der Waals surface area contributed by atoms with Crippen molar-refractivity contribution >= 4 is 29.9 Å². The molecule has 5 heteroatoms. The van der Waals surface area contributed by atoms with Crippen molar-refractivity contribution in [3.05, 3.63) is 34.9 Å². The number of rotatable bonds is 4. The smallest absolute Gasteiger partial charge is 0.227 e. The van der Waals surface area contributed by atoms with Crippen LogP contribution in [0.3, 0.4) is 0 Å². The van der Waals surface area contributed by atoms with E-state index in [2.05, 4.69) is 5.32 Å². The topological polar surface area (TPSA) is 55.1 Å². The monoisotopic (exact) mass is 302 g/mol. The van der Waals surface area contributed by atoms with Gasteiger partial charge >= 0.3 is 0 Å². The van der Waals surface area contributed by atoms with Gasteiger partial charge in [-0.3, -0.25) is 4.79 Å². The molecule has 3 N–H and O–H groups in total. The van der Waals surface area contributed by atoms with Crippen LogP contribution >= 0.6 is 24.0 Å². The van der Waals surface area contributed by atoms with Crippen LogP contribution in [0.5, 0.6) is 0 Å². The third kappa shape index (κ3) is 3.85. The predicted octanol–water partition coefficient (Wildman–Crippen LogP) is 2.90. The van der Waals surface area contributed by atoms with Gasteiger partial charge in [-0.05, 0) is 30.5 Å². The molecule has 0 radical (unpaired) electrons. The fourth-order valence-corrected chi connectivity index (χ4v) is 2.81. The zero-order chi connectivity index (χ0) is 13.0. The van der Waals surface area contributed by atoms with Crippen molar-refractivity contribution in [1.82, 2.24) is 5.32 Å². The quantitative estimate of drug-likeness (QED) is 0.898. The molecule has 1 aromatic carbocycles. The van der Waals surface area contributed by atoms with Gasteiger partial charge in [0, 0.05) is 18.1 Å². The molecule has 1 saturated carbocycles. The molecule has 1 amide bonds. The minimum atomic E-state index is -0.335. The zero-order valence-corrected chi connectivity index (χ0v) is 12.4. The number of carbonyl (C=O) groups excluding carboxylic acids is 1. The lowest BCUT2D eigenvalue weighted by Gasteiger charge is -2.25. The van der Waals surface area contributed by atoms with E-state index < -0.39 is 0 Å². The molecule has 0 spiro atoms. The van der Waals surface area contributed by atoms with Gasteiger partial charge < -0.3 is 11.1 Å². The molecule has 0 atom stereocenters. The van der Waals surface area contributed by atoms with E-state index in [1.54, 1.807) is 0 Å². The number of nitrogens with two attached hydrogens (primary N) is 1. The van der Waals surface area contributed by atoms with E-state index in [1.807, 2.05) is 24.3 Å². The van der Waals surface area contributed by atoms with E-state index in [4.69, 9.17) is 17.3 Å². The molecule has 1 aromatic rings. The molecule has 0 heterocycles. The number of carbonyl (C=O) groups is 1. The predicted molar refractivity (Wildman–Crippen MR) is 80.5 cm³/mol. The number of halogens is 2. The lowest BCUT2D eigenvalue weighted by molar-refractivity contribution is -0.130. The Bertz CT molecular complexity index is 431. The van der Waals surface area contributed by atoms with Crippen LogP contribution in [0, 0.1) is 5.41 Å². The Hall–Kier alpha value is -0.770. The normalized spacial score (nSPS) is 16.7. The molecule has 0 saturated heterocycles. The van der Waals surface area contributed by atoms with Gasteiger partial charge in [-0.15, -0.1) is 12.4 Å². The standard InChI is InChI=1S/C14H19ClN2O.ClH/c15-12-5-3-4-11(8-12)9-17-13(18)14(10-16)6-1-2-7-14;/h3-5,8H,1-2,6-7,9-10,16H2,(H,17,18);1H. The highest BCUT2D eigenvalue weighted by Gasteiger charge is 2.39. The van der Waals surface area contributed by atoms with Crippen LogP contribution in [-0.4, -0.2) is 12.5 Å². The molecule has 0 aliphatic heterocycles. The van der Waals surface area contributed by atoms with Gasteiger partial charge in [0.15, 0.2) is 0 Å². The summed E-state index contributed by atoms with van der Waals surface area (Å²) in [6, 6.07) is 7.53. The summed E-state index contributed by atoms with van der Waals surface area (Å²) in [6.45, 7) is 0.954. The van der Waals surface area contributed by atoms with Crippen molar-refractivity contribution in [2.75, 3.05) is 6.54 Å². The van der Waals surface area contributed by atoms with Crippen LogP contribution in [0.2, 0.25) is 5.02 Å². The molecule has 3 nitrogen and oxygen atoms in total. The van der Waals surface area contributed by atoms with Crippen LogP contribution in [-0.2, 0) is 11.3 Å². The first kappa shape index (κ1) is 16.3. The average Bonchev–Trinajstić information content (AvgIpc) is 2.86. The summed E-state index contributed by atoms with van der Waals surface area (Å²) in [5, 5.41) is 3.67. The molecule has 0 bridgehead atoms. The Morgan fingerprint density at radius 2 is 2.05 bits per heavy atom. The maximum absolute atomic E-state index is 12.2. The van der Waals surface area contributed by atoms with Gasteiger partial charge in [-0.2, -0.15) is 0 Å². The third-order valence-corrected chi connectivity index (χ3v) is 4.01. The van der Waals surface area contributed by atoms with Crippen molar-refractivity contribution < 1.29 is 4.79 Å². The van der Waals surface area contributed by atoms with Crippen molar-refractivity contribution in [3.63, 3.8) is 0 Å². The number of benzene rings is 1. The highest BCUT2D eigenvalue weighted by Crippen LogP contribution is 2.37. The molecule has 19 heavy (non-hydrogen) atoms. The van der Waals surface area contributed by atoms with Gasteiger partial charge in [-0.25, -0.2) is 0 Å². The highest BCUT2D eigenvalue weighted by atomic mass is 35.5. The molecular formula is C14H20Cl2N2O. The van der Waals surface area contributed by atoms with E-state index in [-0.39, 0.29) is 23.7 Å². The fourth-order valence-electron chi connectivity index (χ4n) is 2.59. The largest absolute Gasteiger partial charge is 0.352 e. The first-order valence-corrected chi connectivity index (χ1v) is 6.77. The number of nitrogens with one attached hydrogen (secondary N) is 1. The summed E-state index contributed by atoms with van der Waals surface area (Å²) in [6.07, 6.45) is 4.01. The summed E-state index contributed by atoms with van der Waals surface area (Å²) >= 11 is 5.91. The van der Waals surface area contributed by atoms with Gasteiger partial charge in [-0.1, -0.05) is 36.6 Å². The summed E-state index contributed by atoms with van der Waals surface area (Å²) < 4.78 is 0. The van der Waals surface area contributed by atoms with E-state index >= 15 is 0 Å². The molecule has 1 aliphatic rings. The lowest BCUT2D eigenvalue weighted by atomic mass is 9.85. The van der Waals surface area contributed by atoms with Crippen LogP contribution in [0.15, 0.2) is 24.3 Å².